The van der Waals surface area contributed by atoms with Gasteiger partial charge in [0.2, 0.25) is 0 Å². The Morgan fingerprint density at radius 1 is 1.24 bits per heavy atom. The fourth-order valence-electron chi connectivity index (χ4n) is 2.17. The van der Waals surface area contributed by atoms with E-state index in [1.165, 1.54) is 5.56 Å². The molecule has 1 aromatic carbocycles. The molecule has 0 aliphatic carbocycles. The molecule has 0 bridgehead atoms. The number of nitrogens with one attached hydrogen (secondary N) is 1. The van der Waals surface area contributed by atoms with E-state index >= 15 is 0 Å². The van der Waals surface area contributed by atoms with Gasteiger partial charge in [-0.1, -0.05) is 30.1 Å². The highest BCUT2D eigenvalue weighted by Gasteiger charge is 2.19. The Balaban J connectivity index is 2.38. The van der Waals surface area contributed by atoms with Crippen LogP contribution in [0.2, 0.25) is 10.0 Å². The van der Waals surface area contributed by atoms with E-state index in [1.807, 2.05) is 13.0 Å². The molecule has 0 radical (unpaired) electrons. The van der Waals surface area contributed by atoms with Gasteiger partial charge in [0.05, 0.1) is 17.7 Å². The Bertz CT molecular complexity index is 572. The van der Waals surface area contributed by atoms with Gasteiger partial charge in [0.15, 0.2) is 0 Å². The highest BCUT2D eigenvalue weighted by Crippen LogP contribution is 2.36. The fraction of sp³-hybridized carbons (Fsp3) is 0.375. The lowest BCUT2D eigenvalue weighted by Crippen LogP contribution is -2.23. The summed E-state index contributed by atoms with van der Waals surface area (Å²) < 4.78 is 5.49. The summed E-state index contributed by atoms with van der Waals surface area (Å²) in [6, 6.07) is 5.87. The van der Waals surface area contributed by atoms with E-state index in [2.05, 4.69) is 29.1 Å². The van der Waals surface area contributed by atoms with Crippen LogP contribution in [0.25, 0.3) is 0 Å². The van der Waals surface area contributed by atoms with Crippen molar-refractivity contribution in [2.75, 3.05) is 13.2 Å². The first-order chi connectivity index (χ1) is 10.2. The third-order valence-corrected chi connectivity index (χ3v) is 4.46. The van der Waals surface area contributed by atoms with Gasteiger partial charge in [-0.15, -0.1) is 0 Å². The average Bonchev–Trinajstić information content (AvgIpc) is 2.98. The summed E-state index contributed by atoms with van der Waals surface area (Å²) in [5.41, 5.74) is 2.19. The van der Waals surface area contributed by atoms with Gasteiger partial charge in [0.1, 0.15) is 5.75 Å². The molecule has 1 N–H and O–H groups in total. The summed E-state index contributed by atoms with van der Waals surface area (Å²) in [6.07, 6.45) is 1.06. The zero-order chi connectivity index (χ0) is 15.2. The molecule has 0 spiro atoms. The van der Waals surface area contributed by atoms with Crippen LogP contribution in [0.5, 0.6) is 5.75 Å². The topological polar surface area (TPSA) is 21.3 Å². The molecule has 0 aliphatic rings. The molecule has 0 fully saturated rings. The van der Waals surface area contributed by atoms with Crippen LogP contribution >= 0.6 is 34.5 Å². The van der Waals surface area contributed by atoms with E-state index in [0.29, 0.717) is 22.4 Å². The summed E-state index contributed by atoms with van der Waals surface area (Å²) in [6.45, 7) is 5.55. The van der Waals surface area contributed by atoms with E-state index in [1.54, 1.807) is 17.4 Å². The molecule has 2 aromatic rings. The van der Waals surface area contributed by atoms with Crippen molar-refractivity contribution in [3.63, 3.8) is 0 Å². The maximum atomic E-state index is 6.45. The quantitative estimate of drug-likeness (QED) is 0.712. The predicted octanol–water partition coefficient (Wildman–Crippen LogP) is 5.54. The predicted molar refractivity (Wildman–Crippen MR) is 92.1 cm³/mol. The van der Waals surface area contributed by atoms with E-state index in [0.717, 1.165) is 18.5 Å². The standard InChI is InChI=1S/C16H19Cl2NOS/c1-3-6-19-16(11-5-7-21-10-11)12-8-14(18)15(20-4-2)9-13(12)17/h5,7-10,16,19H,3-4,6H2,1-2H3. The minimum absolute atomic E-state index is 0.0527. The second-order valence-corrected chi connectivity index (χ2v) is 6.28. The molecule has 2 rings (SSSR count). The van der Waals surface area contributed by atoms with Crippen LogP contribution in [0, 0.1) is 0 Å². The number of rotatable bonds is 7. The van der Waals surface area contributed by atoms with Gasteiger partial charge in [-0.25, -0.2) is 0 Å². The molecule has 0 amide bonds. The molecular weight excluding hydrogens is 325 g/mol. The number of benzene rings is 1. The van der Waals surface area contributed by atoms with E-state index in [-0.39, 0.29) is 6.04 Å². The summed E-state index contributed by atoms with van der Waals surface area (Å²) in [7, 11) is 0. The first kappa shape index (κ1) is 16.6. The Morgan fingerprint density at radius 3 is 2.67 bits per heavy atom. The smallest absolute Gasteiger partial charge is 0.139 e. The lowest BCUT2D eigenvalue weighted by molar-refractivity contribution is 0.340. The maximum Gasteiger partial charge on any atom is 0.139 e. The van der Waals surface area contributed by atoms with Crippen LogP contribution in [0.1, 0.15) is 37.4 Å². The zero-order valence-corrected chi connectivity index (χ0v) is 14.5. The van der Waals surface area contributed by atoms with Gasteiger partial charge < -0.3 is 10.1 Å². The van der Waals surface area contributed by atoms with Crippen molar-refractivity contribution in [1.82, 2.24) is 5.32 Å². The first-order valence-corrected chi connectivity index (χ1v) is 8.74. The normalized spacial score (nSPS) is 12.4. The lowest BCUT2D eigenvalue weighted by atomic mass is 10.0. The van der Waals surface area contributed by atoms with E-state index in [4.69, 9.17) is 27.9 Å². The van der Waals surface area contributed by atoms with Gasteiger partial charge in [-0.2, -0.15) is 11.3 Å². The van der Waals surface area contributed by atoms with Gasteiger partial charge in [-0.05, 0) is 53.9 Å². The molecule has 1 heterocycles. The van der Waals surface area contributed by atoms with Crippen LogP contribution in [0.15, 0.2) is 29.0 Å². The zero-order valence-electron chi connectivity index (χ0n) is 12.2. The molecule has 0 saturated heterocycles. The number of hydrogen-bond donors (Lipinski definition) is 1. The SMILES string of the molecule is CCCNC(c1ccsc1)c1cc(Cl)c(OCC)cc1Cl. The van der Waals surface area contributed by atoms with Crippen LogP contribution in [-0.4, -0.2) is 13.2 Å². The third-order valence-electron chi connectivity index (χ3n) is 3.14. The summed E-state index contributed by atoms with van der Waals surface area (Å²) >= 11 is 14.4. The Hall–Kier alpha value is -0.740. The molecule has 1 aromatic heterocycles. The third kappa shape index (κ3) is 4.13. The van der Waals surface area contributed by atoms with Crippen LogP contribution in [-0.2, 0) is 0 Å². The summed E-state index contributed by atoms with van der Waals surface area (Å²) in [4.78, 5) is 0. The monoisotopic (exact) mass is 343 g/mol. The van der Waals surface area contributed by atoms with Crippen LogP contribution in [0.3, 0.4) is 0 Å². The van der Waals surface area contributed by atoms with Crippen LogP contribution < -0.4 is 10.1 Å². The molecular formula is C16H19Cl2NOS. The summed E-state index contributed by atoms with van der Waals surface area (Å²) in [5, 5.41) is 8.99. The van der Waals surface area contributed by atoms with Crippen molar-refractivity contribution in [3.8, 4) is 5.75 Å². The fourth-order valence-corrected chi connectivity index (χ4v) is 3.34. The van der Waals surface area contributed by atoms with Gasteiger partial charge in [0, 0.05) is 11.1 Å². The lowest BCUT2D eigenvalue weighted by Gasteiger charge is -2.20. The Kier molecular flexibility index (Phi) is 6.37. The second kappa shape index (κ2) is 8.04. The highest BCUT2D eigenvalue weighted by molar-refractivity contribution is 7.08. The van der Waals surface area contributed by atoms with E-state index in [9.17, 15) is 0 Å². The van der Waals surface area contributed by atoms with Gasteiger partial charge >= 0.3 is 0 Å². The van der Waals surface area contributed by atoms with Crippen LogP contribution in [0.4, 0.5) is 0 Å². The summed E-state index contributed by atoms with van der Waals surface area (Å²) in [5.74, 6) is 0.632. The Labute approximate surface area is 140 Å². The van der Waals surface area contributed by atoms with Crippen molar-refractivity contribution >= 4 is 34.5 Å². The molecule has 21 heavy (non-hydrogen) atoms. The molecule has 114 valence electrons. The number of ether oxygens (including phenoxy) is 1. The van der Waals surface area contributed by atoms with Crippen molar-refractivity contribution in [2.45, 2.75) is 26.3 Å². The van der Waals surface area contributed by atoms with Crippen molar-refractivity contribution in [3.05, 3.63) is 50.1 Å². The largest absolute Gasteiger partial charge is 0.492 e. The minimum Gasteiger partial charge on any atom is -0.492 e. The number of thiophene rings is 1. The van der Waals surface area contributed by atoms with Crippen molar-refractivity contribution in [1.29, 1.82) is 0 Å². The molecule has 0 aliphatic heterocycles. The van der Waals surface area contributed by atoms with Gasteiger partial charge in [-0.3, -0.25) is 0 Å². The molecule has 1 unspecified atom stereocenters. The average molecular weight is 344 g/mol. The van der Waals surface area contributed by atoms with Crippen molar-refractivity contribution < 1.29 is 4.74 Å². The van der Waals surface area contributed by atoms with Crippen molar-refractivity contribution in [2.24, 2.45) is 0 Å². The molecule has 5 heteroatoms. The number of halogens is 2. The second-order valence-electron chi connectivity index (χ2n) is 4.68. The molecule has 2 nitrogen and oxygen atoms in total. The number of hydrogen-bond acceptors (Lipinski definition) is 3. The molecule has 0 saturated carbocycles. The highest BCUT2D eigenvalue weighted by atomic mass is 35.5. The first-order valence-electron chi connectivity index (χ1n) is 7.04. The maximum absolute atomic E-state index is 6.45. The molecule has 1 atom stereocenters. The Morgan fingerprint density at radius 2 is 2.05 bits per heavy atom. The van der Waals surface area contributed by atoms with E-state index < -0.39 is 0 Å². The minimum atomic E-state index is 0.0527. The van der Waals surface area contributed by atoms with Gasteiger partial charge in [0.25, 0.3) is 0 Å².